The van der Waals surface area contributed by atoms with E-state index in [2.05, 4.69) is 10.6 Å². The van der Waals surface area contributed by atoms with Crippen molar-refractivity contribution in [1.82, 2.24) is 5.32 Å². The third-order valence-corrected chi connectivity index (χ3v) is 5.84. The molecule has 1 saturated carbocycles. The van der Waals surface area contributed by atoms with Crippen LogP contribution in [0.15, 0.2) is 42.5 Å². The number of nitrogens with one attached hydrogen (secondary N) is 2. The van der Waals surface area contributed by atoms with Crippen molar-refractivity contribution >= 4 is 23.3 Å². The number of anilines is 2. The average molecular weight is 381 g/mol. The van der Waals surface area contributed by atoms with Crippen LogP contribution in [0.1, 0.15) is 42.7 Å². The number of hydrogen-bond donors (Lipinski definition) is 2. The second kappa shape index (κ2) is 7.62. The Bertz CT molecular complexity index is 914. The summed E-state index contributed by atoms with van der Waals surface area (Å²) in [5, 5.41) is 5.96. The van der Waals surface area contributed by atoms with Crippen LogP contribution in [0.25, 0.3) is 0 Å². The van der Waals surface area contributed by atoms with Crippen LogP contribution in [0, 0.1) is 5.82 Å². The molecule has 3 amide bonds. The molecule has 2 aromatic carbocycles. The molecule has 1 aliphatic heterocycles. The number of carbonyl (C=O) groups excluding carboxylic acids is 2. The van der Waals surface area contributed by atoms with Gasteiger partial charge in [0.25, 0.3) is 0 Å². The lowest BCUT2D eigenvalue weighted by Gasteiger charge is -2.27. The second-order valence-electron chi connectivity index (χ2n) is 7.58. The fraction of sp³-hybridized carbons (Fsp3) is 0.364. The third-order valence-electron chi connectivity index (χ3n) is 5.84. The Morgan fingerprint density at radius 3 is 2.75 bits per heavy atom. The predicted molar refractivity (Wildman–Crippen MR) is 107 cm³/mol. The Morgan fingerprint density at radius 2 is 1.93 bits per heavy atom. The number of hydrogen-bond acceptors (Lipinski definition) is 2. The summed E-state index contributed by atoms with van der Waals surface area (Å²) in [6.45, 7) is 0. The lowest BCUT2D eigenvalue weighted by Crippen LogP contribution is -2.37. The fourth-order valence-electron chi connectivity index (χ4n) is 4.35. The van der Waals surface area contributed by atoms with E-state index in [0.717, 1.165) is 41.8 Å². The van der Waals surface area contributed by atoms with Gasteiger partial charge in [-0.15, -0.1) is 0 Å². The summed E-state index contributed by atoms with van der Waals surface area (Å²) in [5.41, 5.74) is 3.29. The average Bonchev–Trinajstić information content (AvgIpc) is 3.13. The van der Waals surface area contributed by atoms with E-state index in [1.165, 1.54) is 6.07 Å². The summed E-state index contributed by atoms with van der Waals surface area (Å²) in [7, 11) is 1.76. The van der Waals surface area contributed by atoms with Crippen LogP contribution in [0.5, 0.6) is 0 Å². The highest BCUT2D eigenvalue weighted by molar-refractivity contribution is 5.99. The van der Waals surface area contributed by atoms with Crippen LogP contribution in [0.2, 0.25) is 0 Å². The molecule has 0 saturated heterocycles. The summed E-state index contributed by atoms with van der Waals surface area (Å²) in [6, 6.07) is 12.2. The number of halogens is 1. The molecule has 0 radical (unpaired) electrons. The van der Waals surface area contributed by atoms with Crippen LogP contribution >= 0.6 is 0 Å². The predicted octanol–water partition coefficient (Wildman–Crippen LogP) is 4.19. The van der Waals surface area contributed by atoms with Crippen molar-refractivity contribution < 1.29 is 14.0 Å². The number of fused-ring (bicyclic) bond motifs is 1. The summed E-state index contributed by atoms with van der Waals surface area (Å²) in [4.78, 5) is 26.1. The van der Waals surface area contributed by atoms with E-state index in [0.29, 0.717) is 12.8 Å². The quantitative estimate of drug-likeness (QED) is 0.837. The lowest BCUT2D eigenvalue weighted by atomic mass is 9.97. The smallest absolute Gasteiger partial charge is 0.319 e. The Morgan fingerprint density at radius 1 is 1.11 bits per heavy atom. The van der Waals surface area contributed by atoms with E-state index in [4.69, 9.17) is 0 Å². The van der Waals surface area contributed by atoms with E-state index in [1.807, 2.05) is 30.3 Å². The molecule has 28 heavy (non-hydrogen) atoms. The molecule has 4 rings (SSSR count). The molecule has 2 aromatic rings. The molecule has 1 aliphatic carbocycles. The molecular weight excluding hydrogens is 357 g/mol. The van der Waals surface area contributed by atoms with Crippen molar-refractivity contribution in [2.75, 3.05) is 17.3 Å². The van der Waals surface area contributed by atoms with Gasteiger partial charge in [-0.3, -0.25) is 4.79 Å². The number of urea groups is 1. The molecule has 146 valence electrons. The number of nitrogens with zero attached hydrogens (tertiary/aromatic N) is 1. The molecule has 5 nitrogen and oxygen atoms in total. The van der Waals surface area contributed by atoms with Crippen LogP contribution in [0.4, 0.5) is 20.6 Å². The molecule has 0 spiro atoms. The van der Waals surface area contributed by atoms with Gasteiger partial charge < -0.3 is 15.5 Å². The van der Waals surface area contributed by atoms with Gasteiger partial charge in [0.05, 0.1) is 0 Å². The van der Waals surface area contributed by atoms with Crippen LogP contribution in [-0.2, 0) is 11.2 Å². The number of rotatable bonds is 3. The van der Waals surface area contributed by atoms with Gasteiger partial charge in [0.1, 0.15) is 5.82 Å². The van der Waals surface area contributed by atoms with Crippen molar-refractivity contribution in [3.8, 4) is 0 Å². The van der Waals surface area contributed by atoms with Crippen LogP contribution in [-0.4, -0.2) is 25.0 Å². The molecular formula is C22H24FN3O2. The zero-order valence-electron chi connectivity index (χ0n) is 15.9. The number of benzene rings is 2. The Kier molecular flexibility index (Phi) is 5.03. The number of carbonyl (C=O) groups is 2. The maximum absolute atomic E-state index is 14.0. The fourth-order valence-corrected chi connectivity index (χ4v) is 4.35. The maximum atomic E-state index is 14.0. The molecule has 1 heterocycles. The van der Waals surface area contributed by atoms with E-state index >= 15 is 0 Å². The van der Waals surface area contributed by atoms with Crippen molar-refractivity contribution in [2.45, 2.75) is 44.1 Å². The second-order valence-corrected chi connectivity index (χ2v) is 7.58. The Balaban J connectivity index is 1.40. The van der Waals surface area contributed by atoms with Gasteiger partial charge >= 0.3 is 6.03 Å². The minimum absolute atomic E-state index is 0.0217. The summed E-state index contributed by atoms with van der Waals surface area (Å²) in [6.07, 6.45) is 3.49. The van der Waals surface area contributed by atoms with Crippen molar-refractivity contribution in [3.63, 3.8) is 0 Å². The van der Waals surface area contributed by atoms with Crippen molar-refractivity contribution in [1.29, 1.82) is 0 Å². The minimum Gasteiger partial charge on any atom is -0.335 e. The highest BCUT2D eigenvalue weighted by Crippen LogP contribution is 2.36. The first-order valence-corrected chi connectivity index (χ1v) is 9.73. The Hall–Kier alpha value is -2.89. The standard InChI is InChI=1S/C22H24FN3O2/c1-26-20-8-4-7-19(17(20)11-12-21(26)27)25-22(28)24-15-10-9-14(13-15)16-5-2-3-6-18(16)23/h2-8,14-15H,9-13H2,1H3,(H2,24,25,28). The normalized spacial score (nSPS) is 21.4. The molecule has 6 heteroatoms. The number of amides is 3. The van der Waals surface area contributed by atoms with E-state index in [9.17, 15) is 14.0 Å². The summed E-state index contributed by atoms with van der Waals surface area (Å²) >= 11 is 0. The van der Waals surface area contributed by atoms with Crippen LogP contribution in [0.3, 0.4) is 0 Å². The van der Waals surface area contributed by atoms with Crippen molar-refractivity contribution in [3.05, 3.63) is 59.4 Å². The van der Waals surface area contributed by atoms with Crippen molar-refractivity contribution in [2.24, 2.45) is 0 Å². The van der Waals surface area contributed by atoms with Gasteiger partial charge in [0.15, 0.2) is 0 Å². The molecule has 2 unspecified atom stereocenters. The zero-order valence-corrected chi connectivity index (χ0v) is 15.9. The first-order valence-electron chi connectivity index (χ1n) is 9.73. The summed E-state index contributed by atoms with van der Waals surface area (Å²) < 4.78 is 14.0. The first kappa shape index (κ1) is 18.5. The minimum atomic E-state index is -0.257. The molecule has 2 N–H and O–H groups in total. The van der Waals surface area contributed by atoms with E-state index in [-0.39, 0.29) is 29.7 Å². The molecule has 2 aliphatic rings. The van der Waals surface area contributed by atoms with Gasteiger partial charge in [-0.1, -0.05) is 24.3 Å². The largest absolute Gasteiger partial charge is 0.335 e. The third kappa shape index (κ3) is 3.59. The molecule has 0 aromatic heterocycles. The highest BCUT2D eigenvalue weighted by atomic mass is 19.1. The van der Waals surface area contributed by atoms with E-state index < -0.39 is 0 Å². The maximum Gasteiger partial charge on any atom is 0.319 e. The van der Waals surface area contributed by atoms with Gasteiger partial charge in [-0.05, 0) is 60.9 Å². The molecule has 0 bridgehead atoms. The molecule has 1 fully saturated rings. The van der Waals surface area contributed by atoms with Gasteiger partial charge in [0.2, 0.25) is 5.91 Å². The zero-order chi connectivity index (χ0) is 19.7. The SMILES string of the molecule is CN1C(=O)CCc2c(NC(=O)NC3CCC(c4ccccc4F)C3)cccc21. The summed E-state index contributed by atoms with van der Waals surface area (Å²) in [5.74, 6) is 0.0436. The topological polar surface area (TPSA) is 61.4 Å². The van der Waals surface area contributed by atoms with Crippen LogP contribution < -0.4 is 15.5 Å². The highest BCUT2D eigenvalue weighted by Gasteiger charge is 2.29. The lowest BCUT2D eigenvalue weighted by molar-refractivity contribution is -0.118. The first-order chi connectivity index (χ1) is 13.5. The molecule has 2 atom stereocenters. The monoisotopic (exact) mass is 381 g/mol. The van der Waals surface area contributed by atoms with Gasteiger partial charge in [-0.25, -0.2) is 9.18 Å². The Labute approximate surface area is 163 Å². The van der Waals surface area contributed by atoms with Gasteiger partial charge in [-0.2, -0.15) is 0 Å². The van der Waals surface area contributed by atoms with E-state index in [1.54, 1.807) is 18.0 Å². The van der Waals surface area contributed by atoms with Gasteiger partial charge in [0, 0.05) is 30.9 Å².